The molecule has 9 heteroatoms. The Hall–Kier alpha value is -0.860. The molecule has 0 N–H and O–H groups in total. The summed E-state index contributed by atoms with van der Waals surface area (Å²) >= 11 is 1.10. The van der Waals surface area contributed by atoms with Crippen LogP contribution in [0.15, 0.2) is 23.4 Å². The van der Waals surface area contributed by atoms with Crippen LogP contribution in [0.1, 0.15) is 0 Å². The molecule has 0 spiro atoms. The van der Waals surface area contributed by atoms with Crippen molar-refractivity contribution < 1.29 is 13.3 Å². The Bertz CT molecular complexity index is 491. The van der Waals surface area contributed by atoms with Crippen LogP contribution in [0.5, 0.6) is 0 Å². The monoisotopic (exact) mass is 282 g/mol. The topological polar surface area (TPSA) is 90.2 Å². The van der Waals surface area contributed by atoms with Crippen LogP contribution in [0.25, 0.3) is 0 Å². The maximum atomic E-state index is 10.6. The quantitative estimate of drug-likeness (QED) is 0.353. The van der Waals surface area contributed by atoms with E-state index >= 15 is 0 Å². The van der Waals surface area contributed by atoms with Gasteiger partial charge in [0.2, 0.25) is 9.05 Å². The first kappa shape index (κ1) is 13.2. The highest BCUT2D eigenvalue weighted by atomic mass is 35.7. The molecular weight excluding hydrogens is 276 g/mol. The Morgan fingerprint density at radius 1 is 1.56 bits per heavy atom. The van der Waals surface area contributed by atoms with Crippen LogP contribution in [0.4, 0.5) is 5.69 Å². The van der Waals surface area contributed by atoms with E-state index in [0.717, 1.165) is 11.8 Å². The van der Waals surface area contributed by atoms with Gasteiger partial charge in [0, 0.05) is 34.8 Å². The summed E-state index contributed by atoms with van der Waals surface area (Å²) < 4.78 is 21.2. The Labute approximate surface area is 101 Å². The lowest BCUT2D eigenvalue weighted by Gasteiger charge is -1.98. The van der Waals surface area contributed by atoms with Gasteiger partial charge in [-0.15, -0.1) is 11.8 Å². The van der Waals surface area contributed by atoms with Gasteiger partial charge >= 0.3 is 0 Å². The molecule has 0 aliphatic carbocycles. The minimum Gasteiger partial charge on any atom is -0.258 e. The fourth-order valence-corrected chi connectivity index (χ4v) is 3.08. The van der Waals surface area contributed by atoms with E-state index in [1.807, 2.05) is 0 Å². The first-order chi connectivity index (χ1) is 7.38. The van der Waals surface area contributed by atoms with Gasteiger partial charge in [0.05, 0.1) is 10.7 Å². The fourth-order valence-electron chi connectivity index (χ4n) is 0.837. The number of hydrogen-bond acceptors (Lipinski definition) is 6. The van der Waals surface area contributed by atoms with Crippen molar-refractivity contribution in [2.45, 2.75) is 5.03 Å². The van der Waals surface area contributed by atoms with Gasteiger partial charge in [0.1, 0.15) is 5.03 Å². The zero-order chi connectivity index (χ0) is 12.2. The second-order valence-corrected chi connectivity index (χ2v) is 6.71. The predicted octanol–water partition coefficient (Wildman–Crippen LogP) is 1.65. The molecule has 1 aromatic rings. The molecule has 16 heavy (non-hydrogen) atoms. The van der Waals surface area contributed by atoms with Crippen molar-refractivity contribution in [3.63, 3.8) is 0 Å². The van der Waals surface area contributed by atoms with Crippen LogP contribution in [0.3, 0.4) is 0 Å². The third-order valence-corrected chi connectivity index (χ3v) is 3.85. The van der Waals surface area contributed by atoms with E-state index < -0.39 is 14.0 Å². The van der Waals surface area contributed by atoms with Gasteiger partial charge in [-0.25, -0.2) is 13.4 Å². The summed E-state index contributed by atoms with van der Waals surface area (Å²) in [4.78, 5) is 13.8. The molecule has 88 valence electrons. The molecule has 0 aliphatic heterocycles. The largest absolute Gasteiger partial charge is 0.273 e. The molecule has 0 radical (unpaired) electrons. The smallest absolute Gasteiger partial charge is 0.258 e. The van der Waals surface area contributed by atoms with E-state index in [0.29, 0.717) is 5.03 Å². The summed E-state index contributed by atoms with van der Waals surface area (Å²) in [6.45, 7) is 0. The number of pyridine rings is 1. The van der Waals surface area contributed by atoms with E-state index in [9.17, 15) is 18.5 Å². The number of nitro groups is 1. The number of hydrogen-bond donors (Lipinski definition) is 0. The molecule has 1 aromatic heterocycles. The van der Waals surface area contributed by atoms with E-state index in [2.05, 4.69) is 4.98 Å². The van der Waals surface area contributed by atoms with Gasteiger partial charge in [0.25, 0.3) is 5.69 Å². The predicted molar refractivity (Wildman–Crippen MR) is 61.3 cm³/mol. The van der Waals surface area contributed by atoms with Crippen molar-refractivity contribution in [1.82, 2.24) is 4.98 Å². The van der Waals surface area contributed by atoms with Crippen molar-refractivity contribution in [1.29, 1.82) is 0 Å². The normalized spacial score (nSPS) is 11.3. The molecule has 0 fully saturated rings. The standard InChI is InChI=1S/C7H7ClN2O4S2/c8-16(13,14)4-3-15-7-5-6(10(11)12)1-2-9-7/h1-2,5H,3-4H2. The maximum absolute atomic E-state index is 10.6. The van der Waals surface area contributed by atoms with Crippen LogP contribution in [-0.2, 0) is 9.05 Å². The number of aromatic nitrogens is 1. The first-order valence-electron chi connectivity index (χ1n) is 4.04. The first-order valence-corrected chi connectivity index (χ1v) is 7.50. The van der Waals surface area contributed by atoms with E-state index in [4.69, 9.17) is 10.7 Å². The molecule has 6 nitrogen and oxygen atoms in total. The van der Waals surface area contributed by atoms with Crippen LogP contribution in [-0.4, -0.2) is 29.8 Å². The molecule has 0 bridgehead atoms. The number of thioether (sulfide) groups is 1. The van der Waals surface area contributed by atoms with Crippen LogP contribution in [0, 0.1) is 10.1 Å². The van der Waals surface area contributed by atoms with Gasteiger partial charge in [-0.3, -0.25) is 10.1 Å². The molecule has 0 atom stereocenters. The minimum absolute atomic E-state index is 0.0776. The number of nitrogens with zero attached hydrogens (tertiary/aromatic N) is 2. The average molecular weight is 283 g/mol. The number of halogens is 1. The molecule has 1 heterocycles. The SMILES string of the molecule is O=[N+]([O-])c1ccnc(SCCS(=O)(=O)Cl)c1. The zero-order valence-electron chi connectivity index (χ0n) is 7.87. The summed E-state index contributed by atoms with van der Waals surface area (Å²) in [5.41, 5.74) is -0.0776. The molecular formula is C7H7ClN2O4S2. The highest BCUT2D eigenvalue weighted by Gasteiger charge is 2.09. The fraction of sp³-hybridized carbons (Fsp3) is 0.286. The highest BCUT2D eigenvalue weighted by Crippen LogP contribution is 2.20. The van der Waals surface area contributed by atoms with Crippen LogP contribution >= 0.6 is 22.4 Å². The van der Waals surface area contributed by atoms with Crippen molar-refractivity contribution in [3.05, 3.63) is 28.4 Å². The van der Waals surface area contributed by atoms with Crippen LogP contribution in [0.2, 0.25) is 0 Å². The number of rotatable bonds is 5. The maximum Gasteiger partial charge on any atom is 0.273 e. The molecule has 0 aliphatic rings. The van der Waals surface area contributed by atoms with Gasteiger partial charge < -0.3 is 0 Å². The summed E-state index contributed by atoms with van der Waals surface area (Å²) in [6, 6.07) is 2.55. The molecule has 0 unspecified atom stereocenters. The summed E-state index contributed by atoms with van der Waals surface area (Å²) in [5, 5.41) is 10.8. The molecule has 0 saturated heterocycles. The van der Waals surface area contributed by atoms with E-state index in [1.54, 1.807) is 0 Å². The lowest BCUT2D eigenvalue weighted by molar-refractivity contribution is -0.385. The average Bonchev–Trinajstić information content (AvgIpc) is 2.16. The highest BCUT2D eigenvalue weighted by molar-refractivity contribution is 8.14. The van der Waals surface area contributed by atoms with E-state index in [-0.39, 0.29) is 17.2 Å². The van der Waals surface area contributed by atoms with Crippen molar-refractivity contribution in [2.24, 2.45) is 0 Å². The third kappa shape index (κ3) is 4.77. The van der Waals surface area contributed by atoms with E-state index in [1.165, 1.54) is 18.3 Å². The third-order valence-electron chi connectivity index (χ3n) is 1.51. The molecule has 0 amide bonds. The lowest BCUT2D eigenvalue weighted by atomic mass is 10.4. The molecule has 0 saturated carbocycles. The molecule has 0 aromatic carbocycles. The Morgan fingerprint density at radius 2 is 2.25 bits per heavy atom. The van der Waals surface area contributed by atoms with Gasteiger partial charge in [0.15, 0.2) is 0 Å². The Balaban J connectivity index is 2.61. The van der Waals surface area contributed by atoms with Crippen molar-refractivity contribution >= 4 is 37.2 Å². The van der Waals surface area contributed by atoms with Crippen LogP contribution < -0.4 is 0 Å². The second kappa shape index (κ2) is 5.46. The Morgan fingerprint density at radius 3 is 2.81 bits per heavy atom. The summed E-state index contributed by atoms with van der Waals surface area (Å²) in [7, 11) is 1.48. The van der Waals surface area contributed by atoms with Crippen molar-refractivity contribution in [2.75, 3.05) is 11.5 Å². The van der Waals surface area contributed by atoms with Gasteiger partial charge in [-0.05, 0) is 0 Å². The molecule has 1 rings (SSSR count). The van der Waals surface area contributed by atoms with Gasteiger partial charge in [-0.2, -0.15) is 0 Å². The summed E-state index contributed by atoms with van der Waals surface area (Å²) in [5.74, 6) is 0.00357. The van der Waals surface area contributed by atoms with Crippen molar-refractivity contribution in [3.8, 4) is 0 Å². The van der Waals surface area contributed by atoms with Gasteiger partial charge in [-0.1, -0.05) is 0 Å². The zero-order valence-corrected chi connectivity index (χ0v) is 10.3. The Kier molecular flexibility index (Phi) is 4.51. The second-order valence-electron chi connectivity index (χ2n) is 2.70. The lowest BCUT2D eigenvalue weighted by Crippen LogP contribution is -2.00. The summed E-state index contributed by atoms with van der Waals surface area (Å²) in [6.07, 6.45) is 1.30. The minimum atomic E-state index is -3.53.